The van der Waals surface area contributed by atoms with E-state index in [0.29, 0.717) is 6.54 Å². The van der Waals surface area contributed by atoms with E-state index in [1.807, 2.05) is 31.3 Å². The Bertz CT molecular complexity index is 593. The lowest BCUT2D eigenvalue weighted by Gasteiger charge is -2.14. The molecule has 1 unspecified atom stereocenters. The standard InChI is InChI=1S/C14H19N5O/c1-10(15-8-14-16-9-19(3)18-14)12-5-4-6-13(7-12)17-11(2)20/h4-7,9-10,15H,8H2,1-3H3,(H,17,20). The van der Waals surface area contributed by atoms with Crippen LogP contribution in [0, 0.1) is 0 Å². The Morgan fingerprint density at radius 3 is 2.90 bits per heavy atom. The highest BCUT2D eigenvalue weighted by atomic mass is 16.1. The molecule has 0 spiro atoms. The first kappa shape index (κ1) is 14.2. The number of carbonyl (C=O) groups excluding carboxylic acids is 1. The predicted molar refractivity (Wildman–Crippen MR) is 77.0 cm³/mol. The van der Waals surface area contributed by atoms with Gasteiger partial charge in [-0.2, -0.15) is 5.10 Å². The molecule has 6 heteroatoms. The van der Waals surface area contributed by atoms with Gasteiger partial charge in [0.05, 0.1) is 6.54 Å². The second-order valence-corrected chi connectivity index (χ2v) is 4.74. The van der Waals surface area contributed by atoms with Crippen LogP contribution in [-0.4, -0.2) is 20.7 Å². The van der Waals surface area contributed by atoms with Crippen molar-refractivity contribution in [1.82, 2.24) is 20.1 Å². The minimum atomic E-state index is -0.0690. The van der Waals surface area contributed by atoms with Crippen molar-refractivity contribution in [2.45, 2.75) is 26.4 Å². The molecule has 0 bridgehead atoms. The SMILES string of the molecule is CC(=O)Nc1cccc(C(C)NCc2ncn(C)n2)c1. The molecule has 0 fully saturated rings. The van der Waals surface area contributed by atoms with Crippen molar-refractivity contribution in [1.29, 1.82) is 0 Å². The van der Waals surface area contributed by atoms with Gasteiger partial charge in [-0.1, -0.05) is 12.1 Å². The van der Waals surface area contributed by atoms with Crippen molar-refractivity contribution in [3.05, 3.63) is 42.0 Å². The van der Waals surface area contributed by atoms with E-state index in [2.05, 4.69) is 27.6 Å². The third-order valence-electron chi connectivity index (χ3n) is 2.92. The summed E-state index contributed by atoms with van der Waals surface area (Å²) in [5.41, 5.74) is 1.91. The molecule has 0 aliphatic rings. The van der Waals surface area contributed by atoms with E-state index < -0.39 is 0 Å². The molecule has 0 aliphatic heterocycles. The number of amides is 1. The number of rotatable bonds is 5. The average molecular weight is 273 g/mol. The van der Waals surface area contributed by atoms with Crippen molar-refractivity contribution in [3.63, 3.8) is 0 Å². The first-order valence-corrected chi connectivity index (χ1v) is 6.50. The van der Waals surface area contributed by atoms with E-state index >= 15 is 0 Å². The van der Waals surface area contributed by atoms with Crippen LogP contribution in [-0.2, 0) is 18.4 Å². The van der Waals surface area contributed by atoms with Crippen molar-refractivity contribution in [3.8, 4) is 0 Å². The maximum Gasteiger partial charge on any atom is 0.221 e. The number of aromatic nitrogens is 3. The first-order valence-electron chi connectivity index (χ1n) is 6.50. The Morgan fingerprint density at radius 1 is 1.45 bits per heavy atom. The van der Waals surface area contributed by atoms with Crippen LogP contribution in [0.2, 0.25) is 0 Å². The molecule has 20 heavy (non-hydrogen) atoms. The summed E-state index contributed by atoms with van der Waals surface area (Å²) in [4.78, 5) is 15.2. The molecule has 1 aromatic heterocycles. The predicted octanol–water partition coefficient (Wildman–Crippen LogP) is 1.62. The lowest BCUT2D eigenvalue weighted by atomic mass is 10.1. The number of nitrogens with zero attached hydrogens (tertiary/aromatic N) is 3. The van der Waals surface area contributed by atoms with Crippen LogP contribution in [0.1, 0.15) is 31.3 Å². The van der Waals surface area contributed by atoms with Gasteiger partial charge in [0.15, 0.2) is 5.82 Å². The summed E-state index contributed by atoms with van der Waals surface area (Å²) in [5, 5.41) is 10.4. The van der Waals surface area contributed by atoms with Gasteiger partial charge in [0.1, 0.15) is 6.33 Å². The summed E-state index contributed by atoms with van der Waals surface area (Å²) in [5.74, 6) is 0.692. The van der Waals surface area contributed by atoms with Gasteiger partial charge in [-0.3, -0.25) is 9.48 Å². The Kier molecular flexibility index (Phi) is 4.47. The van der Waals surface area contributed by atoms with Gasteiger partial charge >= 0.3 is 0 Å². The molecular weight excluding hydrogens is 254 g/mol. The van der Waals surface area contributed by atoms with Crippen LogP contribution >= 0.6 is 0 Å². The van der Waals surface area contributed by atoms with E-state index in [4.69, 9.17) is 0 Å². The van der Waals surface area contributed by atoms with Crippen LogP contribution < -0.4 is 10.6 Å². The average Bonchev–Trinajstić information content (AvgIpc) is 2.81. The second-order valence-electron chi connectivity index (χ2n) is 4.74. The molecule has 2 rings (SSSR count). The number of benzene rings is 1. The summed E-state index contributed by atoms with van der Waals surface area (Å²) >= 11 is 0. The lowest BCUT2D eigenvalue weighted by molar-refractivity contribution is -0.114. The zero-order chi connectivity index (χ0) is 14.5. The highest BCUT2D eigenvalue weighted by Crippen LogP contribution is 2.17. The minimum Gasteiger partial charge on any atom is -0.326 e. The zero-order valence-electron chi connectivity index (χ0n) is 11.9. The largest absolute Gasteiger partial charge is 0.326 e. The van der Waals surface area contributed by atoms with Gasteiger partial charge in [-0.25, -0.2) is 4.98 Å². The Labute approximate surface area is 118 Å². The maximum atomic E-state index is 11.1. The lowest BCUT2D eigenvalue weighted by Crippen LogP contribution is -2.19. The molecule has 0 saturated carbocycles. The molecule has 1 atom stereocenters. The van der Waals surface area contributed by atoms with Gasteiger partial charge in [0.25, 0.3) is 0 Å². The monoisotopic (exact) mass is 273 g/mol. The van der Waals surface area contributed by atoms with Gasteiger partial charge < -0.3 is 10.6 Å². The number of nitrogens with one attached hydrogen (secondary N) is 2. The number of hydrogen-bond donors (Lipinski definition) is 2. The Balaban J connectivity index is 1.97. The summed E-state index contributed by atoms with van der Waals surface area (Å²) < 4.78 is 1.68. The highest BCUT2D eigenvalue weighted by Gasteiger charge is 2.07. The number of anilines is 1. The second kappa shape index (κ2) is 6.29. The maximum absolute atomic E-state index is 11.1. The van der Waals surface area contributed by atoms with E-state index in [1.54, 1.807) is 11.0 Å². The van der Waals surface area contributed by atoms with Crippen molar-refractivity contribution in [2.24, 2.45) is 7.05 Å². The summed E-state index contributed by atoms with van der Waals surface area (Å²) in [7, 11) is 1.84. The van der Waals surface area contributed by atoms with Gasteiger partial charge in [-0.15, -0.1) is 0 Å². The third-order valence-corrected chi connectivity index (χ3v) is 2.92. The number of carbonyl (C=O) groups is 1. The van der Waals surface area contributed by atoms with Gasteiger partial charge in [-0.05, 0) is 24.6 Å². The molecular formula is C14H19N5O. The van der Waals surface area contributed by atoms with Crippen molar-refractivity contribution >= 4 is 11.6 Å². The first-order chi connectivity index (χ1) is 9.54. The molecule has 2 aromatic rings. The van der Waals surface area contributed by atoms with Crippen LogP contribution in [0.25, 0.3) is 0 Å². The Hall–Kier alpha value is -2.21. The van der Waals surface area contributed by atoms with E-state index in [-0.39, 0.29) is 11.9 Å². The molecule has 1 heterocycles. The third kappa shape index (κ3) is 3.89. The molecule has 6 nitrogen and oxygen atoms in total. The fraction of sp³-hybridized carbons (Fsp3) is 0.357. The summed E-state index contributed by atoms with van der Waals surface area (Å²) in [6.07, 6.45) is 1.68. The molecule has 1 amide bonds. The molecule has 0 aliphatic carbocycles. The fourth-order valence-electron chi connectivity index (χ4n) is 1.92. The molecule has 106 valence electrons. The Morgan fingerprint density at radius 2 is 2.25 bits per heavy atom. The highest BCUT2D eigenvalue weighted by molar-refractivity contribution is 5.88. The summed E-state index contributed by atoms with van der Waals surface area (Å²) in [6.45, 7) is 4.17. The number of hydrogen-bond acceptors (Lipinski definition) is 4. The molecule has 2 N–H and O–H groups in total. The topological polar surface area (TPSA) is 71.8 Å². The molecule has 0 radical (unpaired) electrons. The van der Waals surface area contributed by atoms with E-state index in [0.717, 1.165) is 17.1 Å². The van der Waals surface area contributed by atoms with Crippen molar-refractivity contribution in [2.75, 3.05) is 5.32 Å². The van der Waals surface area contributed by atoms with Crippen LogP contribution in [0.3, 0.4) is 0 Å². The van der Waals surface area contributed by atoms with E-state index in [9.17, 15) is 4.79 Å². The van der Waals surface area contributed by atoms with Crippen LogP contribution in [0.4, 0.5) is 5.69 Å². The molecule has 1 aromatic carbocycles. The van der Waals surface area contributed by atoms with Crippen LogP contribution in [0.5, 0.6) is 0 Å². The quantitative estimate of drug-likeness (QED) is 0.868. The molecule has 0 saturated heterocycles. The zero-order valence-corrected chi connectivity index (χ0v) is 11.9. The smallest absolute Gasteiger partial charge is 0.221 e. The van der Waals surface area contributed by atoms with Gasteiger partial charge in [0.2, 0.25) is 5.91 Å². The minimum absolute atomic E-state index is 0.0690. The van der Waals surface area contributed by atoms with Crippen molar-refractivity contribution < 1.29 is 4.79 Å². The summed E-state index contributed by atoms with van der Waals surface area (Å²) in [6, 6.07) is 7.93. The van der Waals surface area contributed by atoms with Crippen LogP contribution in [0.15, 0.2) is 30.6 Å². The van der Waals surface area contributed by atoms with E-state index in [1.165, 1.54) is 6.92 Å². The fourth-order valence-corrected chi connectivity index (χ4v) is 1.92. The number of aryl methyl sites for hydroxylation is 1. The normalized spacial score (nSPS) is 12.2. The van der Waals surface area contributed by atoms with Gasteiger partial charge in [0, 0.05) is 25.7 Å².